The molecule has 0 bridgehead atoms. The van der Waals surface area contributed by atoms with Crippen LogP contribution >= 0.6 is 0 Å². The lowest BCUT2D eigenvalue weighted by Crippen LogP contribution is -2.67. The SMILES string of the molecule is CCC1NC(=O)C(C)(C)N(Cc2ccc(F)cc2F)C1=O. The highest BCUT2D eigenvalue weighted by molar-refractivity contribution is 5.99. The molecule has 0 aromatic heterocycles. The van der Waals surface area contributed by atoms with Crippen LogP contribution in [0.25, 0.3) is 0 Å². The van der Waals surface area contributed by atoms with E-state index >= 15 is 0 Å². The minimum Gasteiger partial charge on any atom is -0.342 e. The van der Waals surface area contributed by atoms with E-state index in [1.54, 1.807) is 20.8 Å². The summed E-state index contributed by atoms with van der Waals surface area (Å²) in [5.41, 5.74) is -0.897. The highest BCUT2D eigenvalue weighted by Crippen LogP contribution is 2.25. The van der Waals surface area contributed by atoms with E-state index in [0.29, 0.717) is 6.42 Å². The zero-order valence-electron chi connectivity index (χ0n) is 12.2. The molecule has 1 fully saturated rings. The van der Waals surface area contributed by atoms with Gasteiger partial charge < -0.3 is 10.2 Å². The van der Waals surface area contributed by atoms with Crippen LogP contribution < -0.4 is 5.32 Å². The zero-order chi connectivity index (χ0) is 15.8. The monoisotopic (exact) mass is 296 g/mol. The van der Waals surface area contributed by atoms with Gasteiger partial charge in [0.25, 0.3) is 0 Å². The third-order valence-electron chi connectivity index (χ3n) is 3.85. The molecule has 1 aromatic rings. The van der Waals surface area contributed by atoms with Crippen molar-refractivity contribution in [2.75, 3.05) is 0 Å². The number of carbonyl (C=O) groups excluding carboxylic acids is 2. The molecule has 1 aliphatic rings. The van der Waals surface area contributed by atoms with Gasteiger partial charge in [0.1, 0.15) is 23.2 Å². The Balaban J connectivity index is 2.34. The quantitative estimate of drug-likeness (QED) is 0.927. The largest absolute Gasteiger partial charge is 0.342 e. The van der Waals surface area contributed by atoms with Gasteiger partial charge in [0, 0.05) is 18.2 Å². The summed E-state index contributed by atoms with van der Waals surface area (Å²) in [7, 11) is 0. The van der Waals surface area contributed by atoms with E-state index in [-0.39, 0.29) is 23.9 Å². The average Bonchev–Trinajstić information content (AvgIpc) is 2.41. The Morgan fingerprint density at radius 3 is 2.52 bits per heavy atom. The first-order chi connectivity index (χ1) is 9.77. The standard InChI is InChI=1S/C15H18F2N2O2/c1-4-12-13(20)19(15(2,3)14(21)18-12)8-9-5-6-10(16)7-11(9)17/h5-7,12H,4,8H2,1-3H3,(H,18,21). The van der Waals surface area contributed by atoms with E-state index in [4.69, 9.17) is 0 Å². The summed E-state index contributed by atoms with van der Waals surface area (Å²) in [4.78, 5) is 25.9. The summed E-state index contributed by atoms with van der Waals surface area (Å²) >= 11 is 0. The fraction of sp³-hybridized carbons (Fsp3) is 0.467. The molecule has 21 heavy (non-hydrogen) atoms. The summed E-state index contributed by atoms with van der Waals surface area (Å²) in [6.07, 6.45) is 0.461. The summed E-state index contributed by atoms with van der Waals surface area (Å²) in [5.74, 6) is -1.94. The third kappa shape index (κ3) is 2.75. The lowest BCUT2D eigenvalue weighted by atomic mass is 9.94. The van der Waals surface area contributed by atoms with Crippen LogP contribution in [-0.2, 0) is 16.1 Å². The number of halogens is 2. The van der Waals surface area contributed by atoms with Gasteiger partial charge in [-0.25, -0.2) is 8.78 Å². The van der Waals surface area contributed by atoms with Crippen LogP contribution in [0.1, 0.15) is 32.8 Å². The Kier molecular flexibility index (Phi) is 3.98. The number of hydrogen-bond acceptors (Lipinski definition) is 2. The fourth-order valence-electron chi connectivity index (χ4n) is 2.36. The van der Waals surface area contributed by atoms with Crippen molar-refractivity contribution < 1.29 is 18.4 Å². The topological polar surface area (TPSA) is 49.4 Å². The van der Waals surface area contributed by atoms with Gasteiger partial charge in [0.15, 0.2) is 0 Å². The maximum absolute atomic E-state index is 13.8. The molecule has 1 saturated heterocycles. The smallest absolute Gasteiger partial charge is 0.246 e. The van der Waals surface area contributed by atoms with Gasteiger partial charge >= 0.3 is 0 Å². The second-order valence-corrected chi connectivity index (χ2v) is 5.65. The molecule has 0 aliphatic carbocycles. The first kappa shape index (κ1) is 15.4. The molecule has 0 saturated carbocycles. The Morgan fingerprint density at radius 2 is 1.95 bits per heavy atom. The molecular formula is C15H18F2N2O2. The van der Waals surface area contributed by atoms with Crippen LogP contribution in [0.2, 0.25) is 0 Å². The third-order valence-corrected chi connectivity index (χ3v) is 3.85. The molecule has 1 heterocycles. The number of carbonyl (C=O) groups is 2. The molecule has 0 spiro atoms. The van der Waals surface area contributed by atoms with Crippen molar-refractivity contribution in [2.24, 2.45) is 0 Å². The minimum absolute atomic E-state index is 0.0676. The molecule has 1 aliphatic heterocycles. The molecule has 0 radical (unpaired) electrons. The number of nitrogens with zero attached hydrogens (tertiary/aromatic N) is 1. The highest BCUT2D eigenvalue weighted by atomic mass is 19.1. The molecule has 2 amide bonds. The summed E-state index contributed by atoms with van der Waals surface area (Å²) in [6.45, 7) is 4.93. The Morgan fingerprint density at radius 1 is 1.29 bits per heavy atom. The van der Waals surface area contributed by atoms with Crippen LogP contribution in [0.5, 0.6) is 0 Å². The molecule has 6 heteroatoms. The predicted octanol–water partition coefficient (Wildman–Crippen LogP) is 1.98. The van der Waals surface area contributed by atoms with Crippen LogP contribution in [0.15, 0.2) is 18.2 Å². The number of amides is 2. The van der Waals surface area contributed by atoms with Gasteiger partial charge in [-0.2, -0.15) is 0 Å². The fourth-order valence-corrected chi connectivity index (χ4v) is 2.36. The summed E-state index contributed by atoms with van der Waals surface area (Å²) in [6, 6.07) is 2.60. The molecule has 2 rings (SSSR count). The van der Waals surface area contributed by atoms with Crippen LogP contribution in [0, 0.1) is 11.6 Å². The van der Waals surface area contributed by atoms with Crippen molar-refractivity contribution in [3.8, 4) is 0 Å². The maximum atomic E-state index is 13.8. The Labute approximate surface area is 122 Å². The van der Waals surface area contributed by atoms with Gasteiger partial charge in [-0.05, 0) is 26.3 Å². The van der Waals surface area contributed by atoms with Gasteiger partial charge in [-0.1, -0.05) is 13.0 Å². The maximum Gasteiger partial charge on any atom is 0.246 e. The zero-order valence-corrected chi connectivity index (χ0v) is 12.2. The Hall–Kier alpha value is -1.98. The molecule has 1 N–H and O–H groups in total. The van der Waals surface area contributed by atoms with E-state index in [1.807, 2.05) is 0 Å². The van der Waals surface area contributed by atoms with E-state index in [1.165, 1.54) is 11.0 Å². The number of nitrogens with one attached hydrogen (secondary N) is 1. The highest BCUT2D eigenvalue weighted by Gasteiger charge is 2.45. The van der Waals surface area contributed by atoms with E-state index in [2.05, 4.69) is 5.32 Å². The van der Waals surface area contributed by atoms with Crippen molar-refractivity contribution in [1.29, 1.82) is 0 Å². The van der Waals surface area contributed by atoms with Crippen molar-refractivity contribution >= 4 is 11.8 Å². The van der Waals surface area contributed by atoms with E-state index < -0.39 is 23.2 Å². The summed E-state index contributed by atoms with van der Waals surface area (Å²) in [5, 5.41) is 2.66. The normalized spacial score (nSPS) is 21.4. The average molecular weight is 296 g/mol. The first-order valence-electron chi connectivity index (χ1n) is 6.83. The van der Waals surface area contributed by atoms with Crippen molar-refractivity contribution in [1.82, 2.24) is 10.2 Å². The molecule has 1 unspecified atom stereocenters. The molecule has 1 aromatic carbocycles. The minimum atomic E-state index is -1.08. The van der Waals surface area contributed by atoms with Gasteiger partial charge in [0.2, 0.25) is 11.8 Å². The van der Waals surface area contributed by atoms with Crippen LogP contribution in [0.3, 0.4) is 0 Å². The lowest BCUT2D eigenvalue weighted by molar-refractivity contribution is -0.156. The van der Waals surface area contributed by atoms with Crippen LogP contribution in [0.4, 0.5) is 8.78 Å². The molecule has 114 valence electrons. The van der Waals surface area contributed by atoms with E-state index in [9.17, 15) is 18.4 Å². The van der Waals surface area contributed by atoms with Crippen LogP contribution in [-0.4, -0.2) is 28.3 Å². The number of hydrogen-bond donors (Lipinski definition) is 1. The van der Waals surface area contributed by atoms with Gasteiger partial charge in [-0.15, -0.1) is 0 Å². The number of piperazine rings is 1. The lowest BCUT2D eigenvalue weighted by Gasteiger charge is -2.44. The van der Waals surface area contributed by atoms with Gasteiger partial charge in [0.05, 0.1) is 0 Å². The second kappa shape index (κ2) is 5.42. The van der Waals surface area contributed by atoms with Crippen molar-refractivity contribution in [3.63, 3.8) is 0 Å². The first-order valence-corrected chi connectivity index (χ1v) is 6.83. The Bertz CT molecular complexity index is 587. The number of rotatable bonds is 3. The molecule has 4 nitrogen and oxygen atoms in total. The second-order valence-electron chi connectivity index (χ2n) is 5.65. The van der Waals surface area contributed by atoms with Gasteiger partial charge in [-0.3, -0.25) is 9.59 Å². The van der Waals surface area contributed by atoms with Crippen molar-refractivity contribution in [2.45, 2.75) is 45.3 Å². The summed E-state index contributed by atoms with van der Waals surface area (Å²) < 4.78 is 26.7. The van der Waals surface area contributed by atoms with Crippen molar-refractivity contribution in [3.05, 3.63) is 35.4 Å². The van der Waals surface area contributed by atoms with E-state index in [0.717, 1.165) is 12.1 Å². The molecule has 1 atom stereocenters. The number of benzene rings is 1. The molecular weight excluding hydrogens is 278 g/mol. The predicted molar refractivity (Wildman–Crippen MR) is 73.2 cm³/mol.